The van der Waals surface area contributed by atoms with E-state index in [9.17, 15) is 17.6 Å². The predicted molar refractivity (Wildman–Crippen MR) is 31.5 cm³/mol. The maximum absolute atomic E-state index is 11.9. The quantitative estimate of drug-likeness (QED) is 0.381. The van der Waals surface area contributed by atoms with E-state index < -0.39 is 18.9 Å². The van der Waals surface area contributed by atoms with Crippen molar-refractivity contribution in [3.05, 3.63) is 0 Å². The molecule has 0 bridgehead atoms. The Bertz CT molecular complexity index is 96.5. The predicted octanol–water partition coefficient (Wildman–Crippen LogP) is 0.290. The fraction of sp³-hybridized carbons (Fsp3) is 1.00. The lowest BCUT2D eigenvalue weighted by atomic mass is 9.65. The third-order valence-electron chi connectivity index (χ3n) is 1.09. The molecule has 0 spiro atoms. The van der Waals surface area contributed by atoms with Crippen LogP contribution in [0.15, 0.2) is 0 Å². The zero-order valence-electron chi connectivity index (χ0n) is 5.22. The first-order chi connectivity index (χ1) is 3.81. The average molecular weight is 140 g/mol. The minimum absolute atomic E-state index is 0.219. The van der Waals surface area contributed by atoms with Crippen molar-refractivity contribution in [2.45, 2.75) is 18.5 Å². The van der Waals surface area contributed by atoms with Gasteiger partial charge < -0.3 is 0 Å². The van der Waals surface area contributed by atoms with Crippen molar-refractivity contribution >= 4 is 15.1 Å². The van der Waals surface area contributed by atoms with E-state index >= 15 is 0 Å². The van der Waals surface area contributed by atoms with Gasteiger partial charge in [0, 0.05) is 0 Å². The summed E-state index contributed by atoms with van der Waals surface area (Å²) in [7, 11) is -0.604. The summed E-state index contributed by atoms with van der Waals surface area (Å²) < 4.78 is 47.3. The molecule has 0 aliphatic heterocycles. The molecule has 0 aliphatic carbocycles. The normalized spacial score (nSPS) is 13.4. The largest absolute Gasteiger partial charge is 0.262 e. The van der Waals surface area contributed by atoms with Crippen LogP contribution in [0.1, 0.15) is 0 Å². The zero-order valence-corrected chi connectivity index (χ0v) is 5.22. The van der Waals surface area contributed by atoms with Crippen molar-refractivity contribution in [2.75, 3.05) is 0 Å². The summed E-state index contributed by atoms with van der Waals surface area (Å²) in [4.78, 5) is 0. The van der Waals surface area contributed by atoms with Gasteiger partial charge >= 0.3 is 0 Å². The number of hydrogen-bond donors (Lipinski definition) is 0. The molecule has 52 valence electrons. The SMILES string of the molecule is BC(F)(F)C(F)(F)BC. The van der Waals surface area contributed by atoms with Gasteiger partial charge in [0.05, 0.1) is 0 Å². The Balaban J connectivity index is 4.14. The minimum Gasteiger partial charge on any atom is -0.213 e. The van der Waals surface area contributed by atoms with E-state index in [1.807, 2.05) is 0 Å². The first-order valence-electron chi connectivity index (χ1n) is 2.57. The Morgan fingerprint density at radius 3 is 1.56 bits per heavy atom. The van der Waals surface area contributed by atoms with Crippen LogP contribution in [0.4, 0.5) is 17.6 Å². The van der Waals surface area contributed by atoms with Gasteiger partial charge in [-0.25, -0.2) is 17.6 Å². The maximum atomic E-state index is 11.9. The molecule has 0 unspecified atom stereocenters. The Morgan fingerprint density at radius 1 is 1.22 bits per heavy atom. The Hall–Kier alpha value is -0.150. The van der Waals surface area contributed by atoms with Gasteiger partial charge in [-0.1, -0.05) is 6.82 Å². The fourth-order valence-corrected chi connectivity index (χ4v) is 0.310. The van der Waals surface area contributed by atoms with Crippen LogP contribution in [0.2, 0.25) is 6.82 Å². The topological polar surface area (TPSA) is 0 Å². The fourth-order valence-electron chi connectivity index (χ4n) is 0.310. The molecule has 0 amide bonds. The average Bonchev–Trinajstić information content (AvgIpc) is 1.64. The second kappa shape index (κ2) is 2.23. The highest BCUT2D eigenvalue weighted by molar-refractivity contribution is 6.40. The van der Waals surface area contributed by atoms with Crippen molar-refractivity contribution < 1.29 is 17.6 Å². The summed E-state index contributed by atoms with van der Waals surface area (Å²) in [5.41, 5.74) is 0. The van der Waals surface area contributed by atoms with Crippen molar-refractivity contribution in [3.8, 4) is 0 Å². The molecule has 0 N–H and O–H groups in total. The molecule has 0 nitrogen and oxygen atoms in total. The highest BCUT2D eigenvalue weighted by Crippen LogP contribution is 2.29. The Kier molecular flexibility index (Phi) is 2.19. The van der Waals surface area contributed by atoms with Crippen molar-refractivity contribution in [2.24, 2.45) is 0 Å². The molecular formula is C3H6B2F4. The van der Waals surface area contributed by atoms with Crippen LogP contribution in [0.5, 0.6) is 0 Å². The molecule has 0 aromatic carbocycles. The molecule has 0 atom stereocenters. The molecule has 6 heteroatoms. The van der Waals surface area contributed by atoms with Gasteiger partial charge in [0.2, 0.25) is 7.28 Å². The van der Waals surface area contributed by atoms with Crippen molar-refractivity contribution in [3.63, 3.8) is 0 Å². The molecule has 0 saturated heterocycles. The van der Waals surface area contributed by atoms with Crippen LogP contribution in [-0.2, 0) is 0 Å². The van der Waals surface area contributed by atoms with Gasteiger partial charge in [0.1, 0.15) is 0 Å². The number of alkyl halides is 4. The molecule has 0 heterocycles. The van der Waals surface area contributed by atoms with E-state index in [2.05, 4.69) is 0 Å². The molecule has 0 aliphatic rings. The van der Waals surface area contributed by atoms with Crippen LogP contribution < -0.4 is 0 Å². The first-order valence-corrected chi connectivity index (χ1v) is 2.57. The summed E-state index contributed by atoms with van der Waals surface area (Å²) in [5.74, 6) is -7.74. The van der Waals surface area contributed by atoms with E-state index in [1.165, 1.54) is 0 Å². The Morgan fingerprint density at radius 2 is 1.56 bits per heavy atom. The lowest BCUT2D eigenvalue weighted by Gasteiger charge is -2.21. The second-order valence-electron chi connectivity index (χ2n) is 1.95. The summed E-state index contributed by atoms with van der Waals surface area (Å²) >= 11 is 0. The van der Waals surface area contributed by atoms with Gasteiger partial charge in [-0.15, -0.1) is 0 Å². The first kappa shape index (κ1) is 8.85. The van der Waals surface area contributed by atoms with E-state index in [4.69, 9.17) is 0 Å². The summed E-state index contributed by atoms with van der Waals surface area (Å²) in [6.07, 6.45) is 0. The van der Waals surface area contributed by atoms with Crippen molar-refractivity contribution in [1.29, 1.82) is 0 Å². The second-order valence-corrected chi connectivity index (χ2v) is 1.95. The standard InChI is InChI=1S/C3H6B2F4/c1-5-3(8,9)2(4,6)7/h5H,4H2,1H3. The number of hydrogen-bond acceptors (Lipinski definition) is 0. The van der Waals surface area contributed by atoms with Gasteiger partial charge in [0.15, 0.2) is 7.85 Å². The van der Waals surface area contributed by atoms with Crippen LogP contribution in [0, 0.1) is 0 Å². The lowest BCUT2D eigenvalue weighted by molar-refractivity contribution is -0.0995. The Labute approximate surface area is 52.3 Å². The maximum Gasteiger partial charge on any atom is 0.262 e. The molecule has 0 saturated carbocycles. The lowest BCUT2D eigenvalue weighted by Crippen LogP contribution is -2.44. The molecule has 0 rings (SSSR count). The van der Waals surface area contributed by atoms with Gasteiger partial charge in [-0.3, -0.25) is 0 Å². The monoisotopic (exact) mass is 140 g/mol. The third kappa shape index (κ3) is 1.91. The third-order valence-corrected chi connectivity index (χ3v) is 1.09. The zero-order chi connectivity index (χ0) is 7.71. The molecule has 0 fully saturated rings. The summed E-state index contributed by atoms with van der Waals surface area (Å²) in [6, 6.07) is 0. The number of halogens is 4. The van der Waals surface area contributed by atoms with Crippen LogP contribution in [0.3, 0.4) is 0 Å². The van der Waals surface area contributed by atoms with Crippen LogP contribution >= 0.6 is 0 Å². The molecule has 0 aromatic heterocycles. The van der Waals surface area contributed by atoms with Crippen molar-refractivity contribution in [1.82, 2.24) is 0 Å². The molecule has 9 heavy (non-hydrogen) atoms. The van der Waals surface area contributed by atoms with Crippen LogP contribution in [-0.4, -0.2) is 26.8 Å². The molecular weight excluding hydrogens is 134 g/mol. The molecule has 0 aromatic rings. The number of rotatable bonds is 2. The summed E-state index contributed by atoms with van der Waals surface area (Å²) in [5, 5.41) is 0. The smallest absolute Gasteiger partial charge is 0.213 e. The van der Waals surface area contributed by atoms with Gasteiger partial charge in [-0.2, -0.15) is 0 Å². The summed E-state index contributed by atoms with van der Waals surface area (Å²) in [6.45, 7) is 1.03. The van der Waals surface area contributed by atoms with Gasteiger partial charge in [0.25, 0.3) is 11.6 Å². The van der Waals surface area contributed by atoms with Crippen LogP contribution in [0.25, 0.3) is 0 Å². The minimum atomic E-state index is -3.89. The van der Waals surface area contributed by atoms with E-state index in [0.717, 1.165) is 6.82 Å². The molecule has 0 radical (unpaired) electrons. The van der Waals surface area contributed by atoms with E-state index in [-0.39, 0.29) is 7.85 Å². The highest BCUT2D eigenvalue weighted by Gasteiger charge is 2.49. The highest BCUT2D eigenvalue weighted by atomic mass is 19.3. The van der Waals surface area contributed by atoms with Gasteiger partial charge in [-0.05, 0) is 0 Å². The van der Waals surface area contributed by atoms with E-state index in [1.54, 1.807) is 0 Å². The van der Waals surface area contributed by atoms with E-state index in [0.29, 0.717) is 0 Å².